The lowest BCUT2D eigenvalue weighted by Crippen LogP contribution is -2.35. The van der Waals surface area contributed by atoms with E-state index in [1.165, 1.54) is 19.1 Å². The van der Waals surface area contributed by atoms with Crippen LogP contribution in [-0.2, 0) is 20.9 Å². The van der Waals surface area contributed by atoms with Crippen molar-refractivity contribution in [2.75, 3.05) is 7.11 Å². The van der Waals surface area contributed by atoms with Gasteiger partial charge in [0.2, 0.25) is 0 Å². The second-order valence-electron chi connectivity index (χ2n) is 5.12. The lowest BCUT2D eigenvalue weighted by Gasteiger charge is -2.12. The Kier molecular flexibility index (Phi) is 6.82. The molecule has 0 saturated carbocycles. The van der Waals surface area contributed by atoms with Crippen LogP contribution in [0, 0.1) is 0 Å². The monoisotopic (exact) mass is 407 g/mol. The molecule has 1 N–H and O–H groups in total. The number of halogens is 1. The van der Waals surface area contributed by atoms with E-state index >= 15 is 0 Å². The maximum Gasteiger partial charge on any atom is 0.331 e. The van der Waals surface area contributed by atoms with E-state index in [1.54, 1.807) is 19.2 Å². The van der Waals surface area contributed by atoms with Crippen LogP contribution in [-0.4, -0.2) is 25.1 Å². The van der Waals surface area contributed by atoms with Crippen LogP contribution in [0.4, 0.5) is 0 Å². The number of carbonyl (C=O) groups excluding carboxylic acids is 2. The third kappa shape index (κ3) is 6.11. The fraction of sp³-hybridized carbons (Fsp3) is 0.222. The van der Waals surface area contributed by atoms with Crippen molar-refractivity contribution in [3.05, 3.63) is 58.5 Å². The summed E-state index contributed by atoms with van der Waals surface area (Å²) < 4.78 is 15.9. The molecular weight excluding hydrogens is 390 g/mol. The van der Waals surface area contributed by atoms with Crippen LogP contribution >= 0.6 is 15.9 Å². The second kappa shape index (κ2) is 9.08. The maximum atomic E-state index is 12.0. The van der Waals surface area contributed by atoms with Crippen LogP contribution < -0.4 is 10.1 Å². The smallest absolute Gasteiger partial charge is 0.331 e. The van der Waals surface area contributed by atoms with Gasteiger partial charge in [0.1, 0.15) is 11.5 Å². The average Bonchev–Trinajstić information content (AvgIpc) is 3.03. The number of furan rings is 1. The number of hydrogen-bond donors (Lipinski definition) is 1. The highest BCUT2D eigenvalue weighted by Crippen LogP contribution is 2.15. The number of esters is 1. The first kappa shape index (κ1) is 18.8. The lowest BCUT2D eigenvalue weighted by atomic mass is 10.2. The van der Waals surface area contributed by atoms with E-state index in [9.17, 15) is 9.59 Å². The molecular formula is C18H18BrNO5. The molecule has 6 nitrogen and oxygen atoms in total. The van der Waals surface area contributed by atoms with Crippen LogP contribution in [0.3, 0.4) is 0 Å². The van der Waals surface area contributed by atoms with E-state index in [2.05, 4.69) is 21.2 Å². The van der Waals surface area contributed by atoms with E-state index < -0.39 is 12.1 Å². The number of carbonyl (C=O) groups is 2. The summed E-state index contributed by atoms with van der Waals surface area (Å²) in [5.41, 5.74) is 0.913. The minimum atomic E-state index is -0.904. The first-order chi connectivity index (χ1) is 12.0. The third-order valence-electron chi connectivity index (χ3n) is 3.27. The van der Waals surface area contributed by atoms with E-state index in [4.69, 9.17) is 13.9 Å². The Bertz CT molecular complexity index is 751. The van der Waals surface area contributed by atoms with Gasteiger partial charge in [0.15, 0.2) is 10.8 Å². The van der Waals surface area contributed by atoms with Crippen molar-refractivity contribution >= 4 is 33.9 Å². The third-order valence-corrected chi connectivity index (χ3v) is 3.69. The van der Waals surface area contributed by atoms with Gasteiger partial charge in [-0.25, -0.2) is 4.79 Å². The zero-order chi connectivity index (χ0) is 18.2. The highest BCUT2D eigenvalue weighted by molar-refractivity contribution is 9.10. The van der Waals surface area contributed by atoms with Crippen molar-refractivity contribution in [3.63, 3.8) is 0 Å². The molecule has 0 aliphatic carbocycles. The zero-order valence-electron chi connectivity index (χ0n) is 13.8. The summed E-state index contributed by atoms with van der Waals surface area (Å²) in [6.07, 6.45) is 1.77. The topological polar surface area (TPSA) is 77.8 Å². The molecule has 1 amide bonds. The van der Waals surface area contributed by atoms with Crippen molar-refractivity contribution in [2.45, 2.75) is 19.6 Å². The fourth-order valence-corrected chi connectivity index (χ4v) is 2.23. The molecule has 0 aliphatic rings. The highest BCUT2D eigenvalue weighted by atomic mass is 79.9. The van der Waals surface area contributed by atoms with Gasteiger partial charge in [-0.3, -0.25) is 4.79 Å². The van der Waals surface area contributed by atoms with E-state index in [0.29, 0.717) is 17.0 Å². The van der Waals surface area contributed by atoms with Gasteiger partial charge in [0.05, 0.1) is 7.11 Å². The molecule has 0 aliphatic heterocycles. The Morgan fingerprint density at radius 3 is 2.56 bits per heavy atom. The summed E-state index contributed by atoms with van der Waals surface area (Å²) in [6, 6.07) is 10.7. The van der Waals surface area contributed by atoms with Gasteiger partial charge < -0.3 is 19.2 Å². The van der Waals surface area contributed by atoms with Crippen molar-refractivity contribution in [3.8, 4) is 5.75 Å². The van der Waals surface area contributed by atoms with Gasteiger partial charge in [-0.2, -0.15) is 0 Å². The first-order valence-corrected chi connectivity index (χ1v) is 8.32. The van der Waals surface area contributed by atoms with E-state index in [-0.39, 0.29) is 5.91 Å². The normalized spacial score (nSPS) is 12.0. The van der Waals surface area contributed by atoms with Gasteiger partial charge >= 0.3 is 5.97 Å². The molecule has 0 unspecified atom stereocenters. The van der Waals surface area contributed by atoms with E-state index in [1.807, 2.05) is 24.3 Å². The predicted molar refractivity (Wildman–Crippen MR) is 95.8 cm³/mol. The SMILES string of the molecule is COc1ccc(CNC(=O)[C@H](C)OC(=O)/C=C/c2ccc(Br)o2)cc1. The zero-order valence-corrected chi connectivity index (χ0v) is 15.4. The number of methoxy groups -OCH3 is 1. The van der Waals surface area contributed by atoms with Crippen LogP contribution in [0.1, 0.15) is 18.2 Å². The number of amides is 1. The Hall–Kier alpha value is -2.54. The summed E-state index contributed by atoms with van der Waals surface area (Å²) in [4.78, 5) is 23.7. The Morgan fingerprint density at radius 1 is 1.24 bits per heavy atom. The number of rotatable bonds is 7. The molecule has 2 rings (SSSR count). The molecule has 1 atom stereocenters. The molecule has 1 heterocycles. The molecule has 0 fully saturated rings. The Morgan fingerprint density at radius 2 is 1.96 bits per heavy atom. The summed E-state index contributed by atoms with van der Waals surface area (Å²) in [6.45, 7) is 1.85. The molecule has 7 heteroatoms. The van der Waals surface area contributed by atoms with Gasteiger partial charge in [0.25, 0.3) is 5.91 Å². The fourth-order valence-electron chi connectivity index (χ4n) is 1.91. The molecule has 1 aromatic heterocycles. The summed E-state index contributed by atoms with van der Waals surface area (Å²) in [5.74, 6) is 0.242. The van der Waals surface area contributed by atoms with Crippen LogP contribution in [0.2, 0.25) is 0 Å². The minimum absolute atomic E-state index is 0.334. The molecule has 0 bridgehead atoms. The molecule has 0 radical (unpaired) electrons. The molecule has 0 saturated heterocycles. The Labute approximate surface area is 153 Å². The van der Waals surface area contributed by atoms with Crippen molar-refractivity contribution in [2.24, 2.45) is 0 Å². The standard InChI is InChI=1S/C18H18BrNO5/c1-12(24-17(21)10-8-15-7-9-16(19)25-15)18(22)20-11-13-3-5-14(23-2)6-4-13/h3-10,12H,11H2,1-2H3,(H,20,22)/b10-8+/t12-/m0/s1. The molecule has 25 heavy (non-hydrogen) atoms. The first-order valence-electron chi connectivity index (χ1n) is 7.52. The Balaban J connectivity index is 1.78. The van der Waals surface area contributed by atoms with Crippen LogP contribution in [0.25, 0.3) is 6.08 Å². The van der Waals surface area contributed by atoms with Gasteiger partial charge in [-0.05, 0) is 58.8 Å². The average molecular weight is 408 g/mol. The lowest BCUT2D eigenvalue weighted by molar-refractivity contribution is -0.150. The van der Waals surface area contributed by atoms with Gasteiger partial charge in [0, 0.05) is 12.6 Å². The number of nitrogens with one attached hydrogen (secondary N) is 1. The van der Waals surface area contributed by atoms with E-state index in [0.717, 1.165) is 11.3 Å². The summed E-state index contributed by atoms with van der Waals surface area (Å²) in [5, 5.41) is 2.71. The number of hydrogen-bond acceptors (Lipinski definition) is 5. The summed E-state index contributed by atoms with van der Waals surface area (Å²) >= 11 is 3.17. The highest BCUT2D eigenvalue weighted by Gasteiger charge is 2.16. The largest absolute Gasteiger partial charge is 0.497 e. The molecule has 2 aromatic rings. The maximum absolute atomic E-state index is 12.0. The predicted octanol–water partition coefficient (Wildman–Crippen LogP) is 3.31. The van der Waals surface area contributed by atoms with Crippen LogP contribution in [0.15, 0.2) is 51.6 Å². The second-order valence-corrected chi connectivity index (χ2v) is 5.90. The summed E-state index contributed by atoms with van der Waals surface area (Å²) in [7, 11) is 1.59. The van der Waals surface area contributed by atoms with Gasteiger partial charge in [-0.15, -0.1) is 0 Å². The minimum Gasteiger partial charge on any atom is -0.497 e. The van der Waals surface area contributed by atoms with Crippen molar-refractivity contribution < 1.29 is 23.5 Å². The van der Waals surface area contributed by atoms with Crippen molar-refractivity contribution in [1.29, 1.82) is 0 Å². The van der Waals surface area contributed by atoms with Crippen LogP contribution in [0.5, 0.6) is 5.75 Å². The number of ether oxygens (including phenoxy) is 2. The quantitative estimate of drug-likeness (QED) is 0.562. The molecule has 132 valence electrons. The molecule has 1 aromatic carbocycles. The number of benzene rings is 1. The van der Waals surface area contributed by atoms with Gasteiger partial charge in [-0.1, -0.05) is 12.1 Å². The molecule has 0 spiro atoms. The van der Waals surface area contributed by atoms with Crippen molar-refractivity contribution in [1.82, 2.24) is 5.32 Å².